The Morgan fingerprint density at radius 1 is 0.523 bits per heavy atom. The molecule has 0 saturated carbocycles. The number of unbranched alkanes of at least 4 members (excludes halogenated alkanes) is 37. The lowest BCUT2D eigenvalue weighted by Gasteiger charge is -2.29. The van der Waals surface area contributed by atoms with Gasteiger partial charge in [-0.05, 0) is 44.9 Å². The third-order valence-electron chi connectivity index (χ3n) is 12.9. The maximum atomic E-state index is 12.9. The second-order valence-corrected chi connectivity index (χ2v) is 22.1. The van der Waals surface area contributed by atoms with Crippen molar-refractivity contribution >= 4 is 13.7 Å². The summed E-state index contributed by atoms with van der Waals surface area (Å²) < 4.78 is 23.2. The average Bonchev–Trinajstić information content (AvgIpc) is 3.26. The van der Waals surface area contributed by atoms with Crippen molar-refractivity contribution in [3.05, 3.63) is 24.3 Å². The van der Waals surface area contributed by atoms with Crippen molar-refractivity contribution in [2.45, 2.75) is 289 Å². The Hall–Kier alpha value is -1.02. The van der Waals surface area contributed by atoms with Crippen LogP contribution < -0.4 is 10.2 Å². The van der Waals surface area contributed by atoms with Crippen molar-refractivity contribution < 1.29 is 32.9 Å². The van der Waals surface area contributed by atoms with Crippen LogP contribution in [0.5, 0.6) is 0 Å². The summed E-state index contributed by atoms with van der Waals surface area (Å²) in [5.41, 5.74) is 0. The van der Waals surface area contributed by atoms with E-state index in [1.54, 1.807) is 6.08 Å². The fourth-order valence-electron chi connectivity index (χ4n) is 8.44. The van der Waals surface area contributed by atoms with Gasteiger partial charge in [0.05, 0.1) is 39.9 Å². The summed E-state index contributed by atoms with van der Waals surface area (Å²) in [5.74, 6) is -0.195. The standard InChI is InChI=1S/C56H111N2O6P/c1-6-8-10-12-14-16-18-19-20-21-22-23-24-25-26-27-28-29-30-31-32-33-34-35-36-37-38-40-42-44-46-48-50-56(60)57-54(53-64-65(61,62)63-52-51-58(3,4)5)55(59)49-47-45-43-41-39-17-15-13-11-9-7-2/h25-26,47,49,54-55,59H,6-24,27-46,48,50-53H2,1-5H3,(H-,57,60,61,62)/b26-25-,49-47+. The van der Waals surface area contributed by atoms with E-state index in [0.717, 1.165) is 38.5 Å². The van der Waals surface area contributed by atoms with Gasteiger partial charge in [0.2, 0.25) is 5.91 Å². The van der Waals surface area contributed by atoms with Crippen LogP contribution in [0.15, 0.2) is 24.3 Å². The van der Waals surface area contributed by atoms with E-state index in [4.69, 9.17) is 9.05 Å². The number of likely N-dealkylation sites (N-methyl/N-ethyl adjacent to an activating group) is 1. The van der Waals surface area contributed by atoms with Crippen molar-refractivity contribution in [1.29, 1.82) is 0 Å². The van der Waals surface area contributed by atoms with Crippen molar-refractivity contribution in [2.24, 2.45) is 0 Å². The number of carbonyl (C=O) groups is 1. The van der Waals surface area contributed by atoms with Gasteiger partial charge in [-0.2, -0.15) is 0 Å². The topological polar surface area (TPSA) is 108 Å². The molecule has 9 heteroatoms. The Morgan fingerprint density at radius 3 is 1.20 bits per heavy atom. The quantitative estimate of drug-likeness (QED) is 0.0272. The van der Waals surface area contributed by atoms with E-state index in [1.807, 2.05) is 27.2 Å². The highest BCUT2D eigenvalue weighted by atomic mass is 31.2. The van der Waals surface area contributed by atoms with Gasteiger partial charge in [-0.1, -0.05) is 250 Å². The lowest BCUT2D eigenvalue weighted by molar-refractivity contribution is -0.870. The van der Waals surface area contributed by atoms with Gasteiger partial charge < -0.3 is 28.8 Å². The molecule has 2 N–H and O–H groups in total. The minimum absolute atomic E-state index is 0.000873. The van der Waals surface area contributed by atoms with E-state index in [1.165, 1.54) is 218 Å². The van der Waals surface area contributed by atoms with Gasteiger partial charge in [-0.15, -0.1) is 0 Å². The molecule has 3 atom stereocenters. The number of aliphatic hydroxyl groups is 1. The van der Waals surface area contributed by atoms with Crippen LogP contribution in [0.2, 0.25) is 0 Å². The maximum absolute atomic E-state index is 12.9. The smallest absolute Gasteiger partial charge is 0.268 e. The molecule has 3 unspecified atom stereocenters. The van der Waals surface area contributed by atoms with E-state index in [2.05, 4.69) is 31.3 Å². The zero-order valence-electron chi connectivity index (χ0n) is 44.0. The van der Waals surface area contributed by atoms with E-state index < -0.39 is 20.0 Å². The van der Waals surface area contributed by atoms with E-state index in [0.29, 0.717) is 17.4 Å². The number of rotatable bonds is 52. The SMILES string of the molecule is CCCCCCCCCCC/C=C/C(O)C(COP(=O)([O-])OCC[N+](C)(C)C)NC(=O)CCCCCCCCCCCCCCCCCC/C=C\CCCCCCCCCCCCCC. The Labute approximate surface area is 404 Å². The molecule has 0 aromatic carbocycles. The summed E-state index contributed by atoms with van der Waals surface area (Å²) in [6.07, 6.45) is 59.9. The molecule has 0 saturated heterocycles. The predicted octanol–water partition coefficient (Wildman–Crippen LogP) is 16.2. The molecule has 0 radical (unpaired) electrons. The van der Waals surface area contributed by atoms with Gasteiger partial charge in [0.1, 0.15) is 13.2 Å². The van der Waals surface area contributed by atoms with Crippen molar-refractivity contribution in [1.82, 2.24) is 5.32 Å². The number of hydrogen-bond acceptors (Lipinski definition) is 6. The summed E-state index contributed by atoms with van der Waals surface area (Å²) in [7, 11) is 1.27. The number of nitrogens with one attached hydrogen (secondary N) is 1. The number of aliphatic hydroxyl groups excluding tert-OH is 1. The Morgan fingerprint density at radius 2 is 0.846 bits per heavy atom. The van der Waals surface area contributed by atoms with Gasteiger partial charge in [0, 0.05) is 6.42 Å². The number of carbonyl (C=O) groups excluding carboxylic acids is 1. The highest BCUT2D eigenvalue weighted by Crippen LogP contribution is 2.38. The van der Waals surface area contributed by atoms with E-state index in [9.17, 15) is 19.4 Å². The summed E-state index contributed by atoms with van der Waals surface area (Å²) in [6.45, 7) is 4.66. The Kier molecular flexibility index (Phi) is 47.3. The lowest BCUT2D eigenvalue weighted by atomic mass is 10.0. The second kappa shape index (κ2) is 48.0. The summed E-state index contributed by atoms with van der Waals surface area (Å²) in [5, 5.41) is 13.8. The molecule has 0 aliphatic carbocycles. The van der Waals surface area contributed by atoms with Crippen LogP contribution in [-0.4, -0.2) is 68.5 Å². The zero-order valence-corrected chi connectivity index (χ0v) is 44.9. The normalized spacial score (nSPS) is 14.1. The molecule has 0 aromatic rings. The number of quaternary nitrogens is 1. The van der Waals surface area contributed by atoms with Crippen LogP contribution in [0.25, 0.3) is 0 Å². The summed E-state index contributed by atoms with van der Waals surface area (Å²) in [6, 6.07) is -0.882. The largest absolute Gasteiger partial charge is 0.756 e. The third-order valence-corrected chi connectivity index (χ3v) is 13.9. The van der Waals surface area contributed by atoms with Gasteiger partial charge in [0.15, 0.2) is 0 Å². The molecule has 65 heavy (non-hydrogen) atoms. The van der Waals surface area contributed by atoms with Crippen LogP contribution in [0.3, 0.4) is 0 Å². The fraction of sp³-hybridized carbons (Fsp3) is 0.911. The lowest BCUT2D eigenvalue weighted by Crippen LogP contribution is -2.45. The number of phosphoric ester groups is 1. The number of amides is 1. The molecule has 0 fully saturated rings. The van der Waals surface area contributed by atoms with Gasteiger partial charge in [0.25, 0.3) is 7.82 Å². The van der Waals surface area contributed by atoms with Gasteiger partial charge in [-0.25, -0.2) is 0 Å². The second-order valence-electron chi connectivity index (χ2n) is 20.6. The van der Waals surface area contributed by atoms with E-state index >= 15 is 0 Å². The first-order chi connectivity index (χ1) is 31.5. The molecule has 0 aliphatic rings. The highest BCUT2D eigenvalue weighted by molar-refractivity contribution is 7.45. The first-order valence-corrected chi connectivity index (χ1v) is 29.7. The molecule has 0 heterocycles. The molecule has 1 amide bonds. The van der Waals surface area contributed by atoms with Crippen molar-refractivity contribution in [3.63, 3.8) is 0 Å². The fourth-order valence-corrected chi connectivity index (χ4v) is 9.17. The number of nitrogens with zero attached hydrogens (tertiary/aromatic N) is 1. The van der Waals surface area contributed by atoms with Gasteiger partial charge >= 0.3 is 0 Å². The molecule has 386 valence electrons. The monoisotopic (exact) mass is 939 g/mol. The number of phosphoric acid groups is 1. The Bertz CT molecular complexity index is 1110. The molecular formula is C56H111N2O6P. The minimum Gasteiger partial charge on any atom is -0.756 e. The molecular weight excluding hydrogens is 828 g/mol. The Balaban J connectivity index is 3.97. The molecule has 0 spiro atoms. The third kappa shape index (κ3) is 50.7. The van der Waals surface area contributed by atoms with Crippen LogP contribution in [0, 0.1) is 0 Å². The van der Waals surface area contributed by atoms with Gasteiger partial charge in [-0.3, -0.25) is 9.36 Å². The van der Waals surface area contributed by atoms with Crippen LogP contribution in [-0.2, 0) is 18.4 Å². The van der Waals surface area contributed by atoms with Crippen molar-refractivity contribution in [3.8, 4) is 0 Å². The minimum atomic E-state index is -4.59. The zero-order chi connectivity index (χ0) is 47.8. The van der Waals surface area contributed by atoms with E-state index in [-0.39, 0.29) is 19.1 Å². The van der Waals surface area contributed by atoms with Crippen molar-refractivity contribution in [2.75, 3.05) is 40.9 Å². The summed E-state index contributed by atoms with van der Waals surface area (Å²) in [4.78, 5) is 25.4. The summed E-state index contributed by atoms with van der Waals surface area (Å²) >= 11 is 0. The molecule has 0 aromatic heterocycles. The highest BCUT2D eigenvalue weighted by Gasteiger charge is 2.23. The molecule has 0 bridgehead atoms. The maximum Gasteiger partial charge on any atom is 0.268 e. The molecule has 0 rings (SSSR count). The van der Waals surface area contributed by atoms with Crippen LogP contribution in [0.4, 0.5) is 0 Å². The first-order valence-electron chi connectivity index (χ1n) is 28.2. The number of hydrogen-bond donors (Lipinski definition) is 2. The molecule has 8 nitrogen and oxygen atoms in total. The number of allylic oxidation sites excluding steroid dienone is 3. The average molecular weight is 939 g/mol. The molecule has 0 aliphatic heterocycles. The van der Waals surface area contributed by atoms with Crippen LogP contribution in [0.1, 0.15) is 277 Å². The van der Waals surface area contributed by atoms with Crippen LogP contribution >= 0.6 is 7.82 Å². The first kappa shape index (κ1) is 64.0. The predicted molar refractivity (Wildman–Crippen MR) is 279 cm³/mol.